The van der Waals surface area contributed by atoms with E-state index in [1.165, 1.54) is 16.3 Å². The molecule has 0 aliphatic heterocycles. The molecular formula is C25H26N4O2. The molecule has 6 nitrogen and oxygen atoms in total. The van der Waals surface area contributed by atoms with Crippen LogP contribution in [0, 0.1) is 12.3 Å². The number of guanidine groups is 1. The van der Waals surface area contributed by atoms with Crippen LogP contribution in [0.3, 0.4) is 0 Å². The Morgan fingerprint density at radius 3 is 2.68 bits per heavy atom. The number of aromatic nitrogens is 1. The molecule has 0 aliphatic rings. The lowest BCUT2D eigenvalue weighted by molar-refractivity contribution is 0.0527. The molecule has 4 N–H and O–H groups in total. The van der Waals surface area contributed by atoms with E-state index in [0.29, 0.717) is 12.2 Å². The summed E-state index contributed by atoms with van der Waals surface area (Å²) in [6, 6.07) is 18.9. The van der Waals surface area contributed by atoms with E-state index in [-0.39, 0.29) is 18.5 Å². The van der Waals surface area contributed by atoms with E-state index < -0.39 is 0 Å². The summed E-state index contributed by atoms with van der Waals surface area (Å²) in [5.74, 6) is -0.520. The van der Waals surface area contributed by atoms with Crippen molar-refractivity contribution in [3.8, 4) is 11.1 Å². The molecule has 4 aromatic rings. The van der Waals surface area contributed by atoms with Gasteiger partial charge in [0, 0.05) is 18.0 Å². The van der Waals surface area contributed by atoms with Crippen LogP contribution in [0.4, 0.5) is 0 Å². The van der Waals surface area contributed by atoms with Crippen LogP contribution < -0.4 is 11.1 Å². The fourth-order valence-corrected chi connectivity index (χ4v) is 4.11. The van der Waals surface area contributed by atoms with Crippen LogP contribution in [-0.2, 0) is 18.3 Å². The van der Waals surface area contributed by atoms with Gasteiger partial charge in [-0.2, -0.15) is 0 Å². The molecule has 6 heteroatoms. The van der Waals surface area contributed by atoms with Crippen LogP contribution in [0.2, 0.25) is 0 Å². The van der Waals surface area contributed by atoms with Gasteiger partial charge < -0.3 is 20.4 Å². The summed E-state index contributed by atoms with van der Waals surface area (Å²) < 4.78 is 7.29. The number of fused-ring (bicyclic) bond motifs is 2. The van der Waals surface area contributed by atoms with E-state index in [0.717, 1.165) is 27.7 Å². The smallest absolute Gasteiger partial charge is 0.340 e. The summed E-state index contributed by atoms with van der Waals surface area (Å²) in [6.07, 6.45) is 0. The zero-order chi connectivity index (χ0) is 22.1. The van der Waals surface area contributed by atoms with Crippen molar-refractivity contribution in [2.45, 2.75) is 20.4 Å². The third-order valence-corrected chi connectivity index (χ3v) is 5.60. The van der Waals surface area contributed by atoms with Crippen LogP contribution >= 0.6 is 0 Å². The zero-order valence-electron chi connectivity index (χ0n) is 18.0. The molecule has 0 fully saturated rings. The molecule has 158 valence electrons. The van der Waals surface area contributed by atoms with Crippen molar-refractivity contribution in [2.75, 3.05) is 6.61 Å². The van der Waals surface area contributed by atoms with Gasteiger partial charge in [-0.3, -0.25) is 5.41 Å². The normalized spacial score (nSPS) is 11.1. The Labute approximate surface area is 181 Å². The highest BCUT2D eigenvalue weighted by molar-refractivity contribution is 6.08. The minimum Gasteiger partial charge on any atom is -0.462 e. The van der Waals surface area contributed by atoms with Crippen molar-refractivity contribution in [3.63, 3.8) is 0 Å². The van der Waals surface area contributed by atoms with Crippen LogP contribution in [0.15, 0.2) is 54.6 Å². The fraction of sp³-hybridized carbons (Fsp3) is 0.200. The lowest BCUT2D eigenvalue weighted by Crippen LogP contribution is -2.31. The summed E-state index contributed by atoms with van der Waals surface area (Å²) in [5, 5.41) is 13.5. The largest absolute Gasteiger partial charge is 0.462 e. The van der Waals surface area contributed by atoms with Gasteiger partial charge in [-0.15, -0.1) is 0 Å². The number of rotatable bonds is 5. The maximum Gasteiger partial charge on any atom is 0.340 e. The second kappa shape index (κ2) is 8.14. The number of aryl methyl sites for hydroxylation is 2. The van der Waals surface area contributed by atoms with Gasteiger partial charge in [0.15, 0.2) is 5.96 Å². The topological polar surface area (TPSA) is 93.1 Å². The fourth-order valence-electron chi connectivity index (χ4n) is 4.11. The molecule has 3 aromatic carbocycles. The van der Waals surface area contributed by atoms with Crippen molar-refractivity contribution in [1.29, 1.82) is 5.41 Å². The molecule has 31 heavy (non-hydrogen) atoms. The quantitative estimate of drug-likeness (QED) is 0.255. The predicted molar refractivity (Wildman–Crippen MR) is 125 cm³/mol. The van der Waals surface area contributed by atoms with Crippen molar-refractivity contribution >= 4 is 33.6 Å². The Hall–Kier alpha value is -3.80. The van der Waals surface area contributed by atoms with E-state index in [1.54, 1.807) is 6.92 Å². The SMILES string of the molecule is CCOC(=O)c1c(CNC(=N)N)n(C)c2cc(-c3cccc4ccc(C)cc34)ccc12. The van der Waals surface area contributed by atoms with Gasteiger partial charge in [-0.05, 0) is 41.8 Å². The zero-order valence-corrected chi connectivity index (χ0v) is 18.0. The van der Waals surface area contributed by atoms with E-state index in [4.69, 9.17) is 15.9 Å². The molecule has 0 bridgehead atoms. The highest BCUT2D eigenvalue weighted by Crippen LogP contribution is 2.34. The van der Waals surface area contributed by atoms with Gasteiger partial charge in [-0.25, -0.2) is 4.79 Å². The van der Waals surface area contributed by atoms with Crippen molar-refractivity contribution in [2.24, 2.45) is 12.8 Å². The average molecular weight is 415 g/mol. The Morgan fingerprint density at radius 2 is 1.94 bits per heavy atom. The second-order valence-corrected chi connectivity index (χ2v) is 7.63. The number of nitrogens with zero attached hydrogens (tertiary/aromatic N) is 1. The number of nitrogens with one attached hydrogen (secondary N) is 2. The summed E-state index contributed by atoms with van der Waals surface area (Å²) >= 11 is 0. The molecule has 1 heterocycles. The van der Waals surface area contributed by atoms with Gasteiger partial charge in [0.1, 0.15) is 0 Å². The summed E-state index contributed by atoms with van der Waals surface area (Å²) in [7, 11) is 1.92. The van der Waals surface area contributed by atoms with Crippen molar-refractivity contribution in [1.82, 2.24) is 9.88 Å². The molecule has 0 unspecified atom stereocenters. The van der Waals surface area contributed by atoms with E-state index in [1.807, 2.05) is 23.7 Å². The van der Waals surface area contributed by atoms with Crippen molar-refractivity contribution < 1.29 is 9.53 Å². The predicted octanol–water partition coefficient (Wildman–Crippen LogP) is 4.47. The first-order valence-electron chi connectivity index (χ1n) is 10.3. The van der Waals surface area contributed by atoms with Crippen LogP contribution in [0.1, 0.15) is 28.5 Å². The summed E-state index contributed by atoms with van der Waals surface area (Å²) in [5.41, 5.74) is 11.1. The lowest BCUT2D eigenvalue weighted by atomic mass is 9.96. The molecule has 0 saturated carbocycles. The van der Waals surface area contributed by atoms with Crippen LogP contribution in [0.5, 0.6) is 0 Å². The third-order valence-electron chi connectivity index (χ3n) is 5.60. The first-order chi connectivity index (χ1) is 14.9. The Morgan fingerprint density at radius 1 is 1.13 bits per heavy atom. The average Bonchev–Trinajstić information content (AvgIpc) is 3.03. The first kappa shape index (κ1) is 20.5. The molecule has 0 atom stereocenters. The minimum absolute atomic E-state index is 0.146. The molecule has 0 amide bonds. The highest BCUT2D eigenvalue weighted by atomic mass is 16.5. The number of carbonyl (C=O) groups is 1. The van der Waals surface area contributed by atoms with E-state index in [9.17, 15) is 4.79 Å². The maximum absolute atomic E-state index is 12.8. The van der Waals surface area contributed by atoms with Gasteiger partial charge in [0.25, 0.3) is 0 Å². The number of carbonyl (C=O) groups excluding carboxylic acids is 1. The lowest BCUT2D eigenvalue weighted by Gasteiger charge is -2.09. The van der Waals surface area contributed by atoms with E-state index in [2.05, 4.69) is 54.7 Å². The molecule has 0 radical (unpaired) electrons. The summed E-state index contributed by atoms with van der Waals surface area (Å²) in [4.78, 5) is 12.8. The van der Waals surface area contributed by atoms with Gasteiger partial charge in [-0.1, -0.05) is 54.1 Å². The maximum atomic E-state index is 12.8. The third kappa shape index (κ3) is 3.72. The minimum atomic E-state index is -0.373. The molecular weight excluding hydrogens is 388 g/mol. The number of benzene rings is 3. The highest BCUT2D eigenvalue weighted by Gasteiger charge is 2.22. The molecule has 0 aliphatic carbocycles. The summed E-state index contributed by atoms with van der Waals surface area (Å²) in [6.45, 7) is 4.44. The monoisotopic (exact) mass is 414 g/mol. The van der Waals surface area contributed by atoms with E-state index >= 15 is 0 Å². The Balaban J connectivity index is 1.92. The van der Waals surface area contributed by atoms with Gasteiger partial charge in [0.2, 0.25) is 0 Å². The number of ether oxygens (including phenoxy) is 1. The van der Waals surface area contributed by atoms with Gasteiger partial charge in [0.05, 0.1) is 24.4 Å². The standard InChI is InChI=1S/C25H26N4O2/c1-4-31-24(30)23-19-11-10-17(13-21(19)29(3)22(23)14-28-25(26)27)18-7-5-6-16-9-8-15(2)12-20(16)18/h5-13H,4,14H2,1-3H3,(H4,26,27,28). The van der Waals surface area contributed by atoms with Crippen LogP contribution in [-0.4, -0.2) is 23.1 Å². The number of esters is 1. The number of nitrogens with two attached hydrogens (primary N) is 1. The first-order valence-corrected chi connectivity index (χ1v) is 10.3. The molecule has 1 aromatic heterocycles. The van der Waals surface area contributed by atoms with Gasteiger partial charge >= 0.3 is 5.97 Å². The Kier molecular flexibility index (Phi) is 5.38. The number of hydrogen-bond donors (Lipinski definition) is 3. The molecule has 4 rings (SSSR count). The van der Waals surface area contributed by atoms with Crippen LogP contribution in [0.25, 0.3) is 32.8 Å². The Bertz CT molecular complexity index is 1320. The van der Waals surface area contributed by atoms with Crippen molar-refractivity contribution in [3.05, 3.63) is 71.4 Å². The second-order valence-electron chi connectivity index (χ2n) is 7.63. The molecule has 0 saturated heterocycles. The molecule has 0 spiro atoms. The number of hydrogen-bond acceptors (Lipinski definition) is 3.